The maximum atomic E-state index is 6.45. The fourth-order valence-corrected chi connectivity index (χ4v) is 8.31. The van der Waals surface area contributed by atoms with Gasteiger partial charge in [-0.25, -0.2) is 0 Å². The Labute approximate surface area is 140 Å². The molecule has 0 rings (SSSR count). The summed E-state index contributed by atoms with van der Waals surface area (Å²) in [4.78, 5) is 0. The van der Waals surface area contributed by atoms with Crippen molar-refractivity contribution in [3.8, 4) is 0 Å². The Morgan fingerprint density at radius 1 is 0.818 bits per heavy atom. The van der Waals surface area contributed by atoms with Crippen LogP contribution in [0, 0.1) is 0 Å². The molecule has 0 unspecified atom stereocenters. The van der Waals surface area contributed by atoms with Crippen LogP contribution in [0.1, 0.15) is 48.5 Å². The molecule has 0 N–H and O–H groups in total. The van der Waals surface area contributed by atoms with E-state index in [1.807, 2.05) is 6.08 Å². The lowest BCUT2D eigenvalue weighted by molar-refractivity contribution is 0.133. The predicted molar refractivity (Wildman–Crippen MR) is 101 cm³/mol. The summed E-state index contributed by atoms with van der Waals surface area (Å²) < 4.78 is 18.3. The van der Waals surface area contributed by atoms with E-state index in [0.29, 0.717) is 5.95 Å². The monoisotopic (exact) mass is 346 g/mol. The average molecular weight is 347 g/mol. The summed E-state index contributed by atoms with van der Waals surface area (Å²) in [6, 6.07) is 6.85. The van der Waals surface area contributed by atoms with Gasteiger partial charge in [0, 0.05) is 6.08 Å². The molecular formula is C17H38O3Si2. The average Bonchev–Trinajstić information content (AvgIpc) is 2.56. The molecule has 132 valence electrons. The zero-order chi connectivity index (χ0) is 17.2. The Hall–Kier alpha value is -0.266. The lowest BCUT2D eigenvalue weighted by atomic mass is 10.4. The van der Waals surface area contributed by atoms with Crippen molar-refractivity contribution in [2.75, 3.05) is 7.11 Å². The second-order valence-corrected chi connectivity index (χ2v) is 15.5. The van der Waals surface area contributed by atoms with Crippen molar-refractivity contribution in [1.82, 2.24) is 0 Å². The Balaban J connectivity index is 5.03. The van der Waals surface area contributed by atoms with E-state index in [4.69, 9.17) is 13.6 Å². The summed E-state index contributed by atoms with van der Waals surface area (Å²) in [7, 11) is -1.58. The topological polar surface area (TPSA) is 27.7 Å². The highest BCUT2D eigenvalue weighted by atomic mass is 28.4. The van der Waals surface area contributed by atoms with Gasteiger partial charge in [-0.15, -0.1) is 0 Å². The van der Waals surface area contributed by atoms with E-state index in [0.717, 1.165) is 18.1 Å². The molecule has 5 heteroatoms. The summed E-state index contributed by atoms with van der Waals surface area (Å²) in [5.74, 6) is 0.663. The quantitative estimate of drug-likeness (QED) is 0.325. The lowest BCUT2D eigenvalue weighted by Gasteiger charge is -2.32. The van der Waals surface area contributed by atoms with Crippen LogP contribution >= 0.6 is 0 Å². The highest BCUT2D eigenvalue weighted by Gasteiger charge is 2.33. The molecule has 0 saturated carbocycles. The van der Waals surface area contributed by atoms with E-state index in [1.54, 1.807) is 7.11 Å². The molecule has 0 amide bonds. The van der Waals surface area contributed by atoms with Gasteiger partial charge in [0.15, 0.2) is 8.32 Å². The van der Waals surface area contributed by atoms with Gasteiger partial charge in [0.2, 0.25) is 0 Å². The Morgan fingerprint density at radius 2 is 1.23 bits per heavy atom. The van der Waals surface area contributed by atoms with Gasteiger partial charge in [0.1, 0.15) is 0 Å². The third kappa shape index (κ3) is 6.09. The lowest BCUT2D eigenvalue weighted by Crippen LogP contribution is -2.39. The first-order valence-corrected chi connectivity index (χ1v) is 14.1. The first-order chi connectivity index (χ1) is 10.4. The molecule has 0 spiro atoms. The van der Waals surface area contributed by atoms with Crippen LogP contribution in [0.4, 0.5) is 0 Å². The van der Waals surface area contributed by atoms with Crippen molar-refractivity contribution in [3.05, 3.63) is 12.0 Å². The number of methoxy groups -OCH3 is 1. The molecule has 3 nitrogen and oxygen atoms in total. The summed E-state index contributed by atoms with van der Waals surface area (Å²) in [6.45, 7) is 15.6. The van der Waals surface area contributed by atoms with Gasteiger partial charge < -0.3 is 13.6 Å². The minimum atomic E-state index is -1.69. The molecule has 0 aromatic carbocycles. The number of hydrogen-bond acceptors (Lipinski definition) is 3. The molecule has 0 heterocycles. The van der Waals surface area contributed by atoms with E-state index in [2.05, 4.69) is 48.5 Å². The molecule has 0 bridgehead atoms. The van der Waals surface area contributed by atoms with E-state index < -0.39 is 16.6 Å². The van der Waals surface area contributed by atoms with Gasteiger partial charge in [-0.1, -0.05) is 41.5 Å². The summed E-state index contributed by atoms with van der Waals surface area (Å²) >= 11 is 0. The zero-order valence-electron chi connectivity index (χ0n) is 16.1. The fourth-order valence-electron chi connectivity index (χ4n) is 2.94. The molecule has 0 radical (unpaired) electrons. The van der Waals surface area contributed by atoms with Crippen molar-refractivity contribution in [2.45, 2.75) is 90.8 Å². The summed E-state index contributed by atoms with van der Waals surface area (Å²) in [6.07, 6.45) is 2.09. The minimum Gasteiger partial charge on any atom is -0.519 e. The molecule has 0 aliphatic carbocycles. The van der Waals surface area contributed by atoms with Crippen molar-refractivity contribution in [1.29, 1.82) is 0 Å². The molecule has 0 aliphatic heterocycles. The highest BCUT2D eigenvalue weighted by Crippen LogP contribution is 2.27. The third-order valence-electron chi connectivity index (χ3n) is 5.19. The van der Waals surface area contributed by atoms with Crippen LogP contribution in [0.2, 0.25) is 36.3 Å². The van der Waals surface area contributed by atoms with Crippen LogP contribution in [0.5, 0.6) is 0 Å². The van der Waals surface area contributed by atoms with Gasteiger partial charge in [-0.05, 0) is 43.2 Å². The number of ether oxygens (including phenoxy) is 1. The second-order valence-electron chi connectivity index (χ2n) is 6.10. The van der Waals surface area contributed by atoms with E-state index in [-0.39, 0.29) is 6.10 Å². The largest absolute Gasteiger partial charge is 0.519 e. The van der Waals surface area contributed by atoms with Crippen LogP contribution in [-0.4, -0.2) is 29.8 Å². The maximum Gasteiger partial charge on any atom is 0.263 e. The van der Waals surface area contributed by atoms with Crippen LogP contribution in [0.3, 0.4) is 0 Å². The smallest absolute Gasteiger partial charge is 0.263 e. The Kier molecular flexibility index (Phi) is 10.4. The molecule has 0 aromatic rings. The van der Waals surface area contributed by atoms with Crippen molar-refractivity contribution in [3.63, 3.8) is 0 Å². The minimum absolute atomic E-state index is 0.0544. The van der Waals surface area contributed by atoms with Crippen molar-refractivity contribution >= 4 is 16.6 Å². The summed E-state index contributed by atoms with van der Waals surface area (Å²) in [5, 5.41) is 0. The molecule has 22 heavy (non-hydrogen) atoms. The molecule has 0 aliphatic rings. The van der Waals surface area contributed by atoms with Crippen LogP contribution in [0.25, 0.3) is 0 Å². The third-order valence-corrected chi connectivity index (χ3v) is 14.4. The summed E-state index contributed by atoms with van der Waals surface area (Å²) in [5.41, 5.74) is 0. The fraction of sp³-hybridized carbons (Fsp3) is 0.882. The molecule has 0 fully saturated rings. The van der Waals surface area contributed by atoms with Gasteiger partial charge in [-0.3, -0.25) is 0 Å². The first kappa shape index (κ1) is 21.7. The SMILES string of the molecule is CC[Si](CC)(CC)O/C(=C\[C@H](C)O[Si](CC)(CC)CC)OC. The highest BCUT2D eigenvalue weighted by molar-refractivity contribution is 6.74. The van der Waals surface area contributed by atoms with E-state index in [9.17, 15) is 0 Å². The molecule has 1 atom stereocenters. The van der Waals surface area contributed by atoms with Gasteiger partial charge in [0.05, 0.1) is 13.2 Å². The molecule has 0 aromatic heterocycles. The first-order valence-electron chi connectivity index (χ1n) is 9.02. The zero-order valence-corrected chi connectivity index (χ0v) is 18.1. The van der Waals surface area contributed by atoms with Crippen LogP contribution < -0.4 is 0 Å². The van der Waals surface area contributed by atoms with Gasteiger partial charge in [-0.2, -0.15) is 0 Å². The Bertz CT molecular complexity index is 307. The van der Waals surface area contributed by atoms with E-state index >= 15 is 0 Å². The maximum absolute atomic E-state index is 6.45. The van der Waals surface area contributed by atoms with Crippen molar-refractivity contribution < 1.29 is 13.6 Å². The van der Waals surface area contributed by atoms with Gasteiger partial charge in [0.25, 0.3) is 14.3 Å². The number of hydrogen-bond donors (Lipinski definition) is 0. The Morgan fingerprint density at radius 3 is 1.55 bits per heavy atom. The predicted octanol–water partition coefficient (Wildman–Crippen LogP) is 5.91. The van der Waals surface area contributed by atoms with Crippen LogP contribution in [-0.2, 0) is 13.6 Å². The number of rotatable bonds is 12. The molecule has 0 saturated heterocycles. The van der Waals surface area contributed by atoms with Gasteiger partial charge >= 0.3 is 0 Å². The van der Waals surface area contributed by atoms with Crippen molar-refractivity contribution in [2.24, 2.45) is 0 Å². The van der Waals surface area contributed by atoms with E-state index in [1.165, 1.54) is 18.1 Å². The van der Waals surface area contributed by atoms with Crippen LogP contribution in [0.15, 0.2) is 12.0 Å². The standard InChI is InChI=1S/C17H38O3Si2/c1-9-21(10-2,11-3)19-16(7)15-17(18-8)20-22(12-4,13-5)14-6/h15-16H,9-14H2,1-8H3/b17-15-/t16-/m0/s1. The second kappa shape index (κ2) is 10.5. The normalized spacial score (nSPS) is 14.8. The molecular weight excluding hydrogens is 308 g/mol.